The molecule has 7 heteroatoms. The maximum Gasteiger partial charge on any atom is 0.308 e. The summed E-state index contributed by atoms with van der Waals surface area (Å²) in [6.45, 7) is 0. The van der Waals surface area contributed by atoms with Crippen molar-refractivity contribution >= 4 is 23.4 Å². The van der Waals surface area contributed by atoms with E-state index in [1.165, 1.54) is 0 Å². The highest BCUT2D eigenvalue weighted by Crippen LogP contribution is 2.46. The van der Waals surface area contributed by atoms with E-state index in [0.29, 0.717) is 0 Å². The summed E-state index contributed by atoms with van der Waals surface area (Å²) >= 11 is 5.84. The average Bonchev–Trinajstić information content (AvgIpc) is 2.51. The van der Waals surface area contributed by atoms with Crippen LogP contribution in [0.1, 0.15) is 31.2 Å². The Morgan fingerprint density at radius 1 is 1.41 bits per heavy atom. The third-order valence-corrected chi connectivity index (χ3v) is 5.15. The van der Waals surface area contributed by atoms with Crippen molar-refractivity contribution in [1.82, 2.24) is 4.98 Å². The lowest BCUT2D eigenvalue weighted by molar-refractivity contribution is -0.148. The highest BCUT2D eigenvalue weighted by Gasteiger charge is 2.47. The van der Waals surface area contributed by atoms with Gasteiger partial charge in [-0.05, 0) is 43.6 Å². The van der Waals surface area contributed by atoms with Gasteiger partial charge < -0.3 is 10.4 Å². The zero-order valence-corrected chi connectivity index (χ0v) is 12.5. The third kappa shape index (κ3) is 2.50. The van der Waals surface area contributed by atoms with E-state index in [-0.39, 0.29) is 34.4 Å². The molecule has 2 N–H and O–H groups in total. The number of anilines is 1. The molecule has 2 unspecified atom stereocenters. The number of carboxylic acids is 1. The van der Waals surface area contributed by atoms with Gasteiger partial charge in [0.1, 0.15) is 11.2 Å². The van der Waals surface area contributed by atoms with Crippen LogP contribution in [0.3, 0.4) is 0 Å². The number of nitrogens with one attached hydrogen (secondary N) is 1. The largest absolute Gasteiger partial charge is 0.481 e. The molecule has 1 aromatic rings. The first-order chi connectivity index (χ1) is 10.5. The predicted octanol–water partition coefficient (Wildman–Crippen LogP) is 3.05. The molecular weight excluding hydrogens is 309 g/mol. The van der Waals surface area contributed by atoms with Crippen molar-refractivity contribution in [2.45, 2.75) is 31.7 Å². The molecule has 0 aliphatic heterocycles. The van der Waals surface area contributed by atoms with Crippen LogP contribution in [-0.2, 0) is 4.79 Å². The van der Waals surface area contributed by atoms with Crippen LogP contribution < -0.4 is 5.32 Å². The number of pyridine rings is 1. The molecule has 5 nitrogen and oxygen atoms in total. The lowest BCUT2D eigenvalue weighted by Crippen LogP contribution is -2.51. The number of nitriles is 1. The first-order valence-corrected chi connectivity index (χ1v) is 7.64. The van der Waals surface area contributed by atoms with E-state index >= 15 is 0 Å². The Labute approximate surface area is 132 Å². The molecule has 0 amide bonds. The fourth-order valence-electron chi connectivity index (χ4n) is 3.82. The van der Waals surface area contributed by atoms with Gasteiger partial charge in [-0.25, -0.2) is 9.37 Å². The van der Waals surface area contributed by atoms with Gasteiger partial charge in [-0.2, -0.15) is 5.26 Å². The summed E-state index contributed by atoms with van der Waals surface area (Å²) < 4.78 is 14.1. The van der Waals surface area contributed by atoms with Gasteiger partial charge in [-0.3, -0.25) is 4.79 Å². The summed E-state index contributed by atoms with van der Waals surface area (Å²) in [5.41, 5.74) is -0.0373. The molecule has 2 bridgehead atoms. The van der Waals surface area contributed by atoms with E-state index in [1.807, 2.05) is 0 Å². The summed E-state index contributed by atoms with van der Waals surface area (Å²) in [6, 6.07) is 2.44. The monoisotopic (exact) mass is 323 g/mol. The fourth-order valence-corrected chi connectivity index (χ4v) is 4.00. The summed E-state index contributed by atoms with van der Waals surface area (Å²) in [6.07, 6.45) is 3.70. The molecule has 3 fully saturated rings. The van der Waals surface area contributed by atoms with Gasteiger partial charge >= 0.3 is 5.97 Å². The minimum atomic E-state index is -0.855. The van der Waals surface area contributed by atoms with Crippen LogP contribution in [0, 0.1) is 34.9 Å². The first-order valence-electron chi connectivity index (χ1n) is 7.26. The standard InChI is InChI=1S/C15H15ClFN3O2/c16-13-9(6-18)5-10(17)14(20-13)19-12-8-3-1-7(2-4-8)11(12)15(21)22/h5,7-8,11-12H,1-4H2,(H,19,20)(H,21,22). The van der Waals surface area contributed by atoms with Crippen molar-refractivity contribution in [1.29, 1.82) is 5.26 Å². The first kappa shape index (κ1) is 15.0. The van der Waals surface area contributed by atoms with Crippen molar-refractivity contribution in [2.24, 2.45) is 17.8 Å². The molecule has 0 radical (unpaired) electrons. The number of halogens is 2. The Hall–Kier alpha value is -1.87. The Morgan fingerprint density at radius 2 is 2.05 bits per heavy atom. The second kappa shape index (κ2) is 5.73. The highest BCUT2D eigenvalue weighted by molar-refractivity contribution is 6.30. The van der Waals surface area contributed by atoms with Crippen LogP contribution in [-0.4, -0.2) is 22.1 Å². The topological polar surface area (TPSA) is 86.0 Å². The van der Waals surface area contributed by atoms with Crippen molar-refractivity contribution in [2.75, 3.05) is 5.32 Å². The molecule has 0 spiro atoms. The van der Waals surface area contributed by atoms with Crippen LogP contribution in [0.25, 0.3) is 0 Å². The minimum Gasteiger partial charge on any atom is -0.481 e. The number of aromatic nitrogens is 1. The number of fused-ring (bicyclic) bond motifs is 3. The zero-order chi connectivity index (χ0) is 15.9. The van der Waals surface area contributed by atoms with E-state index < -0.39 is 17.7 Å². The van der Waals surface area contributed by atoms with Crippen LogP contribution >= 0.6 is 11.6 Å². The van der Waals surface area contributed by atoms with E-state index in [9.17, 15) is 14.3 Å². The molecule has 1 heterocycles. The minimum absolute atomic E-state index is 0.0373. The van der Waals surface area contributed by atoms with Gasteiger partial charge in [0.25, 0.3) is 0 Å². The number of aliphatic carboxylic acids is 1. The number of carboxylic acid groups (broad SMARTS) is 1. The Balaban J connectivity index is 1.90. The average molecular weight is 324 g/mol. The lowest BCUT2D eigenvalue weighted by atomic mass is 9.61. The molecule has 0 aromatic carbocycles. The number of nitrogens with zero attached hydrogens (tertiary/aromatic N) is 2. The van der Waals surface area contributed by atoms with E-state index in [0.717, 1.165) is 31.7 Å². The summed E-state index contributed by atoms with van der Waals surface area (Å²) in [5, 5.41) is 21.2. The van der Waals surface area contributed by atoms with Crippen LogP contribution in [0.4, 0.5) is 10.2 Å². The third-order valence-electron chi connectivity index (χ3n) is 4.86. The van der Waals surface area contributed by atoms with Crippen LogP contribution in [0.15, 0.2) is 6.07 Å². The maximum absolute atomic E-state index is 14.1. The summed E-state index contributed by atoms with van der Waals surface area (Å²) in [5.74, 6) is -1.84. The number of hydrogen-bond donors (Lipinski definition) is 2. The van der Waals surface area contributed by atoms with Gasteiger partial charge in [-0.15, -0.1) is 0 Å². The molecular formula is C15H15ClFN3O2. The molecule has 1 aromatic heterocycles. The van der Waals surface area contributed by atoms with Crippen molar-refractivity contribution < 1.29 is 14.3 Å². The Morgan fingerprint density at radius 3 is 2.64 bits per heavy atom. The fraction of sp³-hybridized carbons (Fsp3) is 0.533. The molecule has 4 rings (SSSR count). The molecule has 3 aliphatic carbocycles. The van der Waals surface area contributed by atoms with Gasteiger partial charge in [0, 0.05) is 6.04 Å². The van der Waals surface area contributed by atoms with Crippen molar-refractivity contribution in [3.05, 3.63) is 22.6 Å². The Bertz CT molecular complexity index is 653. The highest BCUT2D eigenvalue weighted by atomic mass is 35.5. The van der Waals surface area contributed by atoms with Gasteiger partial charge in [0.2, 0.25) is 0 Å². The molecule has 2 atom stereocenters. The molecule has 22 heavy (non-hydrogen) atoms. The summed E-state index contributed by atoms with van der Waals surface area (Å²) in [7, 11) is 0. The van der Waals surface area contributed by atoms with Gasteiger partial charge in [0.15, 0.2) is 11.6 Å². The number of rotatable bonds is 3. The normalized spacial score (nSPS) is 29.9. The van der Waals surface area contributed by atoms with E-state index in [1.54, 1.807) is 6.07 Å². The second-order valence-corrected chi connectivity index (χ2v) is 6.34. The Kier molecular flexibility index (Phi) is 3.92. The molecule has 0 saturated heterocycles. The van der Waals surface area contributed by atoms with Crippen LogP contribution in [0.2, 0.25) is 5.15 Å². The van der Waals surface area contributed by atoms with E-state index in [2.05, 4.69) is 10.3 Å². The van der Waals surface area contributed by atoms with Crippen molar-refractivity contribution in [3.63, 3.8) is 0 Å². The predicted molar refractivity (Wildman–Crippen MR) is 77.9 cm³/mol. The van der Waals surface area contributed by atoms with Crippen LogP contribution in [0.5, 0.6) is 0 Å². The smallest absolute Gasteiger partial charge is 0.308 e. The molecule has 3 aliphatic rings. The summed E-state index contributed by atoms with van der Waals surface area (Å²) in [4.78, 5) is 15.5. The maximum atomic E-state index is 14.1. The van der Waals surface area contributed by atoms with Crippen molar-refractivity contribution in [3.8, 4) is 6.07 Å². The van der Waals surface area contributed by atoms with Gasteiger partial charge in [-0.1, -0.05) is 11.6 Å². The number of hydrogen-bond acceptors (Lipinski definition) is 4. The second-order valence-electron chi connectivity index (χ2n) is 5.98. The molecule has 116 valence electrons. The molecule has 3 saturated carbocycles. The quantitative estimate of drug-likeness (QED) is 0.835. The van der Waals surface area contributed by atoms with E-state index in [4.69, 9.17) is 16.9 Å². The van der Waals surface area contributed by atoms with Gasteiger partial charge in [0.05, 0.1) is 11.5 Å². The lowest BCUT2D eigenvalue weighted by Gasteiger charge is -2.47. The zero-order valence-electron chi connectivity index (χ0n) is 11.7. The number of carbonyl (C=O) groups is 1. The SMILES string of the molecule is N#Cc1cc(F)c(NC2C3CCC(CC3)C2C(=O)O)nc1Cl.